The maximum Gasteiger partial charge on any atom is 0.337 e. The molecule has 0 unspecified atom stereocenters. The lowest BCUT2D eigenvalue weighted by molar-refractivity contribution is -0.143. The lowest BCUT2D eigenvalue weighted by Gasteiger charge is -2.27. The van der Waals surface area contributed by atoms with Gasteiger partial charge in [0.1, 0.15) is 6.54 Å². The first-order valence-electron chi connectivity index (χ1n) is 11.0. The van der Waals surface area contributed by atoms with E-state index in [0.717, 1.165) is 22.6 Å². The molecule has 176 valence electrons. The van der Waals surface area contributed by atoms with Crippen LogP contribution in [-0.2, 0) is 9.53 Å². The van der Waals surface area contributed by atoms with Crippen molar-refractivity contribution in [1.29, 1.82) is 0 Å². The number of carboxylic acids is 1. The van der Waals surface area contributed by atoms with E-state index < -0.39 is 5.97 Å². The Hall–Kier alpha value is -3.72. The molecule has 1 saturated heterocycles. The van der Waals surface area contributed by atoms with Crippen molar-refractivity contribution in [1.82, 2.24) is 19.8 Å². The zero-order chi connectivity index (χ0) is 24.4. The summed E-state index contributed by atoms with van der Waals surface area (Å²) in [5.74, 6) is -1.37. The molecule has 3 heterocycles. The van der Waals surface area contributed by atoms with Crippen LogP contribution in [0.15, 0.2) is 54.7 Å². The number of aromatic nitrogens is 2. The number of ether oxygens (including phenoxy) is 1. The highest BCUT2D eigenvalue weighted by Gasteiger charge is 2.42. The molecule has 1 aliphatic heterocycles. The molecule has 0 spiro atoms. The zero-order valence-corrected chi connectivity index (χ0v) is 20.0. The third-order valence-electron chi connectivity index (χ3n) is 5.97. The van der Waals surface area contributed by atoms with E-state index in [9.17, 15) is 14.7 Å². The Kier molecular flexibility index (Phi) is 6.65. The fraction of sp³-hybridized carbons (Fsp3) is 0.280. The second-order valence-corrected chi connectivity index (χ2v) is 8.43. The Morgan fingerprint density at radius 2 is 1.91 bits per heavy atom. The summed E-state index contributed by atoms with van der Waals surface area (Å²) in [5, 5.41) is 13.5. The fourth-order valence-electron chi connectivity index (χ4n) is 4.57. The van der Waals surface area contributed by atoms with Crippen molar-refractivity contribution in [3.8, 4) is 5.69 Å². The van der Waals surface area contributed by atoms with Crippen molar-refractivity contribution in [3.63, 3.8) is 0 Å². The molecule has 1 fully saturated rings. The van der Waals surface area contributed by atoms with E-state index in [2.05, 4.69) is 10.3 Å². The number of hydrogen-bond donors (Lipinski definition) is 2. The standard InChI is InChI=1S/C25H26N4O4S/c1-4-33-21(30)14-28-23(22(27-25(28)34)19-10-7-8-12-26-19)18-13-15(2)29(16(18)3)20-11-6-5-9-17(20)24(31)32/h5-13,22-23H,4,14H2,1-3H3,(H,27,34)(H,31,32)/t22-,23+/m1/s1. The van der Waals surface area contributed by atoms with Gasteiger partial charge in [0.05, 0.1) is 35.6 Å². The number of nitrogens with one attached hydrogen (secondary N) is 1. The third-order valence-corrected chi connectivity index (χ3v) is 6.32. The van der Waals surface area contributed by atoms with Crippen LogP contribution in [0.4, 0.5) is 0 Å². The molecule has 0 amide bonds. The number of pyridine rings is 1. The van der Waals surface area contributed by atoms with Crippen LogP contribution in [0.3, 0.4) is 0 Å². The molecule has 8 nitrogen and oxygen atoms in total. The smallest absolute Gasteiger partial charge is 0.337 e. The van der Waals surface area contributed by atoms with Gasteiger partial charge in [0.15, 0.2) is 5.11 Å². The van der Waals surface area contributed by atoms with Crippen LogP contribution in [0.2, 0.25) is 0 Å². The van der Waals surface area contributed by atoms with Gasteiger partial charge in [-0.3, -0.25) is 9.78 Å². The number of hydrogen-bond acceptors (Lipinski definition) is 5. The van der Waals surface area contributed by atoms with Gasteiger partial charge in [0.25, 0.3) is 0 Å². The number of thiocarbonyl (C=S) groups is 1. The minimum absolute atomic E-state index is 0.0109. The molecule has 0 saturated carbocycles. The lowest BCUT2D eigenvalue weighted by Crippen LogP contribution is -2.35. The molecule has 34 heavy (non-hydrogen) atoms. The largest absolute Gasteiger partial charge is 0.478 e. The summed E-state index contributed by atoms with van der Waals surface area (Å²) in [6.45, 7) is 5.91. The first-order chi connectivity index (χ1) is 16.3. The van der Waals surface area contributed by atoms with Crippen molar-refractivity contribution in [2.75, 3.05) is 13.2 Å². The number of esters is 1. The highest BCUT2D eigenvalue weighted by Crippen LogP contribution is 2.41. The number of aromatic carboxylic acids is 1. The van der Waals surface area contributed by atoms with Crippen LogP contribution in [0, 0.1) is 13.8 Å². The molecule has 9 heteroatoms. The molecular formula is C25H26N4O4S. The molecule has 1 aromatic carbocycles. The van der Waals surface area contributed by atoms with E-state index in [0.29, 0.717) is 10.8 Å². The van der Waals surface area contributed by atoms with Crippen molar-refractivity contribution in [2.45, 2.75) is 32.9 Å². The summed E-state index contributed by atoms with van der Waals surface area (Å²) in [6, 6.07) is 13.9. The van der Waals surface area contributed by atoms with Crippen molar-refractivity contribution in [3.05, 3.63) is 82.9 Å². The second kappa shape index (κ2) is 9.64. The number of rotatable bonds is 7. The third kappa shape index (κ3) is 4.26. The Bertz CT molecular complexity index is 1240. The summed E-state index contributed by atoms with van der Waals surface area (Å²) >= 11 is 5.62. The summed E-state index contributed by atoms with van der Waals surface area (Å²) in [6.07, 6.45) is 1.72. The zero-order valence-electron chi connectivity index (χ0n) is 19.2. The summed E-state index contributed by atoms with van der Waals surface area (Å²) < 4.78 is 7.12. The van der Waals surface area contributed by atoms with Crippen molar-refractivity contribution < 1.29 is 19.4 Å². The van der Waals surface area contributed by atoms with Gasteiger partial charge >= 0.3 is 11.9 Å². The van der Waals surface area contributed by atoms with Crippen molar-refractivity contribution >= 4 is 29.3 Å². The SMILES string of the molecule is CCOC(=O)CN1C(=S)N[C@H](c2ccccn2)[C@@H]1c1cc(C)n(-c2ccccc2C(=O)O)c1C. The molecule has 2 aromatic heterocycles. The Morgan fingerprint density at radius 1 is 1.18 bits per heavy atom. The Balaban J connectivity index is 1.85. The summed E-state index contributed by atoms with van der Waals surface area (Å²) in [7, 11) is 0. The summed E-state index contributed by atoms with van der Waals surface area (Å²) in [4.78, 5) is 30.7. The van der Waals surface area contributed by atoms with Gasteiger partial charge in [-0.2, -0.15) is 0 Å². The highest BCUT2D eigenvalue weighted by molar-refractivity contribution is 7.80. The van der Waals surface area contributed by atoms with E-state index in [1.807, 2.05) is 53.6 Å². The van der Waals surface area contributed by atoms with E-state index in [1.165, 1.54) is 0 Å². The van der Waals surface area contributed by atoms with Gasteiger partial charge in [0, 0.05) is 17.6 Å². The number of carboxylic acid groups (broad SMARTS) is 1. The van der Waals surface area contributed by atoms with Crippen LogP contribution in [0.25, 0.3) is 5.69 Å². The monoisotopic (exact) mass is 478 g/mol. The van der Waals surface area contributed by atoms with Crippen LogP contribution >= 0.6 is 12.2 Å². The number of nitrogens with zero attached hydrogens (tertiary/aromatic N) is 3. The quantitative estimate of drug-likeness (QED) is 0.392. The Morgan fingerprint density at radius 3 is 2.59 bits per heavy atom. The number of aryl methyl sites for hydroxylation is 1. The van der Waals surface area contributed by atoms with Gasteiger partial charge in [-0.1, -0.05) is 18.2 Å². The van der Waals surface area contributed by atoms with Gasteiger partial charge in [-0.25, -0.2) is 4.79 Å². The topological polar surface area (TPSA) is 96.7 Å². The van der Waals surface area contributed by atoms with Crippen LogP contribution in [-0.4, -0.2) is 49.8 Å². The molecule has 0 bridgehead atoms. The van der Waals surface area contributed by atoms with Crippen LogP contribution < -0.4 is 5.32 Å². The first kappa shape index (κ1) is 23.4. The minimum Gasteiger partial charge on any atom is -0.478 e. The van der Waals surface area contributed by atoms with Gasteiger partial charge in [-0.05, 0) is 68.9 Å². The van der Waals surface area contributed by atoms with E-state index in [4.69, 9.17) is 17.0 Å². The van der Waals surface area contributed by atoms with Crippen molar-refractivity contribution in [2.24, 2.45) is 0 Å². The first-order valence-corrected chi connectivity index (χ1v) is 11.4. The molecule has 4 rings (SSSR count). The van der Waals surface area contributed by atoms with Gasteiger partial charge < -0.3 is 24.6 Å². The highest BCUT2D eigenvalue weighted by atomic mass is 32.1. The molecule has 2 atom stereocenters. The van der Waals surface area contributed by atoms with Gasteiger partial charge in [-0.15, -0.1) is 0 Å². The second-order valence-electron chi connectivity index (χ2n) is 8.04. The maximum atomic E-state index is 12.4. The molecule has 1 aliphatic rings. The molecular weight excluding hydrogens is 452 g/mol. The predicted molar refractivity (Wildman–Crippen MR) is 131 cm³/mol. The van der Waals surface area contributed by atoms with Crippen LogP contribution in [0.1, 0.15) is 52.0 Å². The lowest BCUT2D eigenvalue weighted by atomic mass is 9.96. The number of carbonyl (C=O) groups is 2. The maximum absolute atomic E-state index is 12.4. The number of benzene rings is 1. The fourth-order valence-corrected chi connectivity index (χ4v) is 4.87. The molecule has 0 radical (unpaired) electrons. The molecule has 2 N–H and O–H groups in total. The predicted octanol–water partition coefficient (Wildman–Crippen LogP) is 3.72. The molecule has 3 aromatic rings. The van der Waals surface area contributed by atoms with Gasteiger partial charge in [0.2, 0.25) is 0 Å². The average Bonchev–Trinajstić information content (AvgIpc) is 3.29. The number of carbonyl (C=O) groups excluding carboxylic acids is 1. The summed E-state index contributed by atoms with van der Waals surface area (Å²) in [5.41, 5.74) is 4.23. The van der Waals surface area contributed by atoms with E-state index in [-0.39, 0.29) is 36.8 Å². The minimum atomic E-state index is -0.997. The Labute approximate surface area is 203 Å². The number of para-hydroxylation sites is 1. The normalized spacial score (nSPS) is 17.5. The van der Waals surface area contributed by atoms with Crippen LogP contribution in [0.5, 0.6) is 0 Å². The van der Waals surface area contributed by atoms with E-state index in [1.54, 1.807) is 31.3 Å². The molecule has 0 aliphatic carbocycles. The average molecular weight is 479 g/mol. The van der Waals surface area contributed by atoms with E-state index >= 15 is 0 Å².